The van der Waals surface area contributed by atoms with Crippen LogP contribution in [0.25, 0.3) is 0 Å². The molecule has 0 aromatic heterocycles. The fourth-order valence-electron chi connectivity index (χ4n) is 4.99. The maximum atomic E-state index is 14.9. The predicted octanol–water partition coefficient (Wildman–Crippen LogP) is 6.27. The van der Waals surface area contributed by atoms with Gasteiger partial charge in [-0.3, -0.25) is 9.59 Å². The third kappa shape index (κ3) is 6.90. The summed E-state index contributed by atoms with van der Waals surface area (Å²) < 4.78 is 73.3. The second-order valence-electron chi connectivity index (χ2n) is 10.2. The van der Waals surface area contributed by atoms with Crippen molar-refractivity contribution in [3.8, 4) is 17.2 Å². The molecule has 3 atom stereocenters. The van der Waals surface area contributed by atoms with Gasteiger partial charge in [-0.25, -0.2) is 4.39 Å². The molecule has 1 fully saturated rings. The molecular formula is C30H27ClF4N2O6. The number of benzene rings is 3. The summed E-state index contributed by atoms with van der Waals surface area (Å²) in [6.45, 7) is -0.159. The number of ether oxygens (including phenoxy) is 4. The zero-order chi connectivity index (χ0) is 30.9. The molecule has 1 saturated carbocycles. The molecule has 3 aromatic carbocycles. The number of halogens is 5. The number of esters is 1. The monoisotopic (exact) mass is 622 g/mol. The number of carbonyl (C=O) groups excluding carboxylic acids is 2. The number of methoxy groups -OCH3 is 2. The maximum Gasteiger partial charge on any atom is 0.573 e. The molecular weight excluding hydrogens is 596 g/mol. The third-order valence-electron chi connectivity index (χ3n) is 7.30. The minimum absolute atomic E-state index is 0.0189. The highest BCUT2D eigenvalue weighted by Gasteiger charge is 2.61. The Balaban J connectivity index is 1.42. The average Bonchev–Trinajstić information content (AvgIpc) is 3.47. The second-order valence-corrected chi connectivity index (χ2v) is 10.6. The molecule has 0 bridgehead atoms. The first-order chi connectivity index (χ1) is 20.4. The molecule has 1 amide bonds. The van der Waals surface area contributed by atoms with Gasteiger partial charge in [0.1, 0.15) is 29.9 Å². The van der Waals surface area contributed by atoms with Gasteiger partial charge in [0.2, 0.25) is 0 Å². The number of rotatable bonds is 10. The number of hydrogen-bond acceptors (Lipinski definition) is 7. The van der Waals surface area contributed by atoms with Crippen LogP contribution >= 0.6 is 11.6 Å². The van der Waals surface area contributed by atoms with E-state index in [1.54, 1.807) is 36.4 Å². The maximum absolute atomic E-state index is 14.9. The van der Waals surface area contributed by atoms with E-state index in [1.165, 1.54) is 43.4 Å². The highest BCUT2D eigenvalue weighted by atomic mass is 35.5. The molecule has 1 heterocycles. The SMILES string of the molecule is COC(=O)[C@@H]1C[C@@]1(F)COc1cc(NC(C(=O)N2CCc3ccc(OC(F)(F)F)cc32)c2ccc(Cl)cc2)cc(OC)c1. The van der Waals surface area contributed by atoms with Crippen molar-refractivity contribution in [1.29, 1.82) is 0 Å². The van der Waals surface area contributed by atoms with Crippen LogP contribution in [0, 0.1) is 5.92 Å². The van der Waals surface area contributed by atoms with Gasteiger partial charge >= 0.3 is 12.3 Å². The lowest BCUT2D eigenvalue weighted by molar-refractivity contribution is -0.274. The van der Waals surface area contributed by atoms with Crippen LogP contribution in [-0.2, 0) is 20.7 Å². The van der Waals surface area contributed by atoms with E-state index in [-0.39, 0.29) is 18.7 Å². The zero-order valence-electron chi connectivity index (χ0n) is 23.0. The van der Waals surface area contributed by atoms with Gasteiger partial charge in [-0.1, -0.05) is 29.8 Å². The van der Waals surface area contributed by atoms with Gasteiger partial charge in [0.15, 0.2) is 5.67 Å². The summed E-state index contributed by atoms with van der Waals surface area (Å²) in [5.41, 5.74) is 0.0471. The number of nitrogens with zero attached hydrogens (tertiary/aromatic N) is 1. The molecule has 2 aliphatic rings. The summed E-state index contributed by atoms with van der Waals surface area (Å²) in [7, 11) is 2.62. The first kappa shape index (κ1) is 30.3. The van der Waals surface area contributed by atoms with Crippen molar-refractivity contribution in [2.75, 3.05) is 37.6 Å². The molecule has 1 aliphatic heterocycles. The number of anilines is 2. The largest absolute Gasteiger partial charge is 0.573 e. The number of carbonyl (C=O) groups is 2. The summed E-state index contributed by atoms with van der Waals surface area (Å²) in [6.07, 6.45) is -4.47. The van der Waals surface area contributed by atoms with Gasteiger partial charge in [0.25, 0.3) is 5.91 Å². The molecule has 8 nitrogen and oxygen atoms in total. The molecule has 13 heteroatoms. The Bertz CT molecular complexity index is 1520. The van der Waals surface area contributed by atoms with Gasteiger partial charge in [0, 0.05) is 47.9 Å². The van der Waals surface area contributed by atoms with Crippen LogP contribution in [0.3, 0.4) is 0 Å². The van der Waals surface area contributed by atoms with Crippen molar-refractivity contribution < 1.29 is 46.1 Å². The van der Waals surface area contributed by atoms with E-state index in [9.17, 15) is 27.2 Å². The van der Waals surface area contributed by atoms with E-state index in [2.05, 4.69) is 14.8 Å². The molecule has 228 valence electrons. The predicted molar refractivity (Wildman–Crippen MR) is 149 cm³/mol. The van der Waals surface area contributed by atoms with Crippen LogP contribution in [0.15, 0.2) is 60.7 Å². The number of alkyl halides is 4. The van der Waals surface area contributed by atoms with Gasteiger partial charge in [-0.05, 0) is 35.7 Å². The van der Waals surface area contributed by atoms with Gasteiger partial charge < -0.3 is 29.2 Å². The van der Waals surface area contributed by atoms with Crippen molar-refractivity contribution in [1.82, 2.24) is 0 Å². The zero-order valence-corrected chi connectivity index (χ0v) is 23.8. The van der Waals surface area contributed by atoms with Crippen molar-refractivity contribution in [2.45, 2.75) is 30.9 Å². The molecule has 1 unspecified atom stereocenters. The summed E-state index contributed by atoms with van der Waals surface area (Å²) >= 11 is 6.08. The topological polar surface area (TPSA) is 86.3 Å². The molecule has 1 N–H and O–H groups in total. The number of nitrogens with one attached hydrogen (secondary N) is 1. The fraction of sp³-hybridized carbons (Fsp3) is 0.333. The number of amides is 1. The van der Waals surface area contributed by atoms with Crippen LogP contribution in [-0.4, -0.2) is 51.3 Å². The highest BCUT2D eigenvalue weighted by Crippen LogP contribution is 2.48. The lowest BCUT2D eigenvalue weighted by Gasteiger charge is -2.27. The summed E-state index contributed by atoms with van der Waals surface area (Å²) in [6, 6.07) is 14.1. The summed E-state index contributed by atoms with van der Waals surface area (Å²) in [4.78, 5) is 27.2. The van der Waals surface area contributed by atoms with Crippen LogP contribution in [0.4, 0.5) is 28.9 Å². The van der Waals surface area contributed by atoms with Gasteiger partial charge in [-0.15, -0.1) is 13.2 Å². The molecule has 1 aliphatic carbocycles. The van der Waals surface area contributed by atoms with Crippen LogP contribution < -0.4 is 24.4 Å². The van der Waals surface area contributed by atoms with E-state index < -0.39 is 48.2 Å². The molecule has 5 rings (SSSR count). The Morgan fingerprint density at radius 1 is 1.05 bits per heavy atom. The van der Waals surface area contributed by atoms with Crippen molar-refractivity contribution in [2.24, 2.45) is 5.92 Å². The Kier molecular flexibility index (Phi) is 8.33. The molecule has 43 heavy (non-hydrogen) atoms. The smallest absolute Gasteiger partial charge is 0.497 e. The first-order valence-electron chi connectivity index (χ1n) is 13.2. The Hall–Kier alpha value is -4.19. The fourth-order valence-corrected chi connectivity index (χ4v) is 5.11. The molecule has 0 radical (unpaired) electrons. The normalized spacial score (nSPS) is 19.7. The van der Waals surface area contributed by atoms with Crippen molar-refractivity contribution in [3.05, 3.63) is 76.8 Å². The summed E-state index contributed by atoms with van der Waals surface area (Å²) in [5.74, 6) is -1.88. The minimum atomic E-state index is -4.89. The van der Waals surface area contributed by atoms with E-state index in [0.29, 0.717) is 39.7 Å². The molecule has 0 spiro atoms. The third-order valence-corrected chi connectivity index (χ3v) is 7.55. The Morgan fingerprint density at radius 3 is 2.44 bits per heavy atom. The molecule has 0 saturated heterocycles. The second kappa shape index (κ2) is 11.8. The standard InChI is InChI=1S/C30H27ClF4N2O6/c1-40-22-11-20(12-23(13-22)42-16-29(32)15-24(29)28(39)41-2)36-26(18-3-6-19(31)7-4-18)27(38)37-10-9-17-5-8-21(14-25(17)37)43-30(33,34)35/h3-8,11-14,24,26,36H,9-10,15-16H2,1-2H3/t24-,26?,29+/m0/s1. The minimum Gasteiger partial charge on any atom is -0.497 e. The van der Waals surface area contributed by atoms with Crippen LogP contribution in [0.2, 0.25) is 5.02 Å². The Labute approximate surface area is 249 Å². The highest BCUT2D eigenvalue weighted by molar-refractivity contribution is 6.30. The average molecular weight is 623 g/mol. The van der Waals surface area contributed by atoms with E-state index >= 15 is 0 Å². The van der Waals surface area contributed by atoms with Gasteiger partial charge in [-0.2, -0.15) is 0 Å². The lowest BCUT2D eigenvalue weighted by atomic mass is 10.0. The van der Waals surface area contributed by atoms with E-state index in [0.717, 1.165) is 0 Å². The van der Waals surface area contributed by atoms with E-state index in [1.807, 2.05) is 0 Å². The number of fused-ring (bicyclic) bond motifs is 1. The van der Waals surface area contributed by atoms with Crippen LogP contribution in [0.1, 0.15) is 23.6 Å². The van der Waals surface area contributed by atoms with Crippen LogP contribution in [0.5, 0.6) is 17.2 Å². The summed E-state index contributed by atoms with van der Waals surface area (Å²) in [5, 5.41) is 3.61. The number of hydrogen-bond donors (Lipinski definition) is 1. The van der Waals surface area contributed by atoms with Crippen molar-refractivity contribution >= 4 is 34.9 Å². The Morgan fingerprint density at radius 2 is 1.77 bits per heavy atom. The molecule has 3 aromatic rings. The van der Waals surface area contributed by atoms with Crippen molar-refractivity contribution in [3.63, 3.8) is 0 Å². The van der Waals surface area contributed by atoms with Gasteiger partial charge in [0.05, 0.1) is 25.8 Å². The van der Waals surface area contributed by atoms with E-state index in [4.69, 9.17) is 21.1 Å². The quantitative estimate of drug-likeness (QED) is 0.211. The lowest BCUT2D eigenvalue weighted by Crippen LogP contribution is -2.37. The first-order valence-corrected chi connectivity index (χ1v) is 13.6.